The number of hydrogen-bond donors (Lipinski definition) is 0. The lowest BCUT2D eigenvalue weighted by molar-refractivity contribution is 0.0585. The molecule has 1 aromatic carbocycles. The van der Waals surface area contributed by atoms with Crippen LogP contribution in [0.3, 0.4) is 0 Å². The highest BCUT2D eigenvalue weighted by Crippen LogP contribution is 2.38. The van der Waals surface area contributed by atoms with Crippen LogP contribution in [0.1, 0.15) is 23.2 Å². The fourth-order valence-corrected chi connectivity index (χ4v) is 2.95. The Bertz CT molecular complexity index is 690. The van der Waals surface area contributed by atoms with Gasteiger partial charge in [-0.25, -0.2) is 0 Å². The van der Waals surface area contributed by atoms with E-state index in [1.807, 2.05) is 23.1 Å². The van der Waals surface area contributed by atoms with Gasteiger partial charge in [0, 0.05) is 43.9 Å². The largest absolute Gasteiger partial charge is 0.493 e. The van der Waals surface area contributed by atoms with Gasteiger partial charge in [-0.15, -0.1) is 0 Å². The number of para-hydroxylation sites is 1. The van der Waals surface area contributed by atoms with Crippen molar-refractivity contribution >= 4 is 5.91 Å². The zero-order valence-corrected chi connectivity index (χ0v) is 14.5. The highest BCUT2D eigenvalue weighted by molar-refractivity contribution is 5.94. The van der Waals surface area contributed by atoms with E-state index in [1.165, 1.54) is 0 Å². The molecule has 0 bridgehead atoms. The standard InChI is InChI=1S/C19H22N2O4/c1-23-16-4-3-5-17(24-2)18(16)25-15-8-12-21(13-9-15)19(22)14-6-10-20-11-7-14/h3-7,10-11,15H,8-9,12-13H2,1-2H3. The van der Waals surface area contributed by atoms with E-state index < -0.39 is 0 Å². The van der Waals surface area contributed by atoms with Gasteiger partial charge in [0.25, 0.3) is 5.91 Å². The lowest BCUT2D eigenvalue weighted by atomic mass is 10.1. The topological polar surface area (TPSA) is 60.9 Å². The Balaban J connectivity index is 1.63. The number of methoxy groups -OCH3 is 2. The number of nitrogens with zero attached hydrogens (tertiary/aromatic N) is 2. The van der Waals surface area contributed by atoms with Crippen molar-refractivity contribution < 1.29 is 19.0 Å². The second-order valence-electron chi connectivity index (χ2n) is 5.84. The number of hydrogen-bond acceptors (Lipinski definition) is 5. The molecule has 1 saturated heterocycles. The molecule has 0 radical (unpaired) electrons. The smallest absolute Gasteiger partial charge is 0.253 e. The zero-order valence-electron chi connectivity index (χ0n) is 14.5. The van der Waals surface area contributed by atoms with E-state index >= 15 is 0 Å². The molecule has 0 unspecified atom stereocenters. The van der Waals surface area contributed by atoms with Crippen molar-refractivity contribution in [2.75, 3.05) is 27.3 Å². The first-order chi connectivity index (χ1) is 12.2. The van der Waals surface area contributed by atoms with Gasteiger partial charge in [0.05, 0.1) is 14.2 Å². The quantitative estimate of drug-likeness (QED) is 0.836. The van der Waals surface area contributed by atoms with Crippen LogP contribution in [0, 0.1) is 0 Å². The van der Waals surface area contributed by atoms with Crippen molar-refractivity contribution in [1.29, 1.82) is 0 Å². The maximum Gasteiger partial charge on any atom is 0.253 e. The third-order valence-corrected chi connectivity index (χ3v) is 4.32. The summed E-state index contributed by atoms with van der Waals surface area (Å²) in [5, 5.41) is 0. The number of rotatable bonds is 5. The Morgan fingerprint density at radius 3 is 2.20 bits per heavy atom. The van der Waals surface area contributed by atoms with E-state index in [2.05, 4.69) is 4.98 Å². The van der Waals surface area contributed by atoms with Crippen molar-refractivity contribution in [3.05, 3.63) is 48.3 Å². The second-order valence-corrected chi connectivity index (χ2v) is 5.84. The summed E-state index contributed by atoms with van der Waals surface area (Å²) in [5.41, 5.74) is 0.667. The van der Waals surface area contributed by atoms with Crippen LogP contribution < -0.4 is 14.2 Å². The number of piperidine rings is 1. The Morgan fingerprint density at radius 1 is 1.04 bits per heavy atom. The Labute approximate surface area is 147 Å². The van der Waals surface area contributed by atoms with Crippen LogP contribution >= 0.6 is 0 Å². The molecule has 1 aliphatic rings. The number of ether oxygens (including phenoxy) is 3. The molecule has 0 saturated carbocycles. The molecule has 132 valence electrons. The van der Waals surface area contributed by atoms with Gasteiger partial charge in [0.1, 0.15) is 6.10 Å². The Kier molecular flexibility index (Phi) is 5.38. The average Bonchev–Trinajstić information content (AvgIpc) is 2.69. The van der Waals surface area contributed by atoms with E-state index in [0.29, 0.717) is 35.9 Å². The van der Waals surface area contributed by atoms with Gasteiger partial charge in [-0.05, 0) is 24.3 Å². The maximum absolute atomic E-state index is 12.5. The summed E-state index contributed by atoms with van der Waals surface area (Å²) in [6.45, 7) is 1.31. The molecule has 25 heavy (non-hydrogen) atoms. The first-order valence-corrected chi connectivity index (χ1v) is 8.30. The average molecular weight is 342 g/mol. The van der Waals surface area contributed by atoms with Crippen LogP contribution in [0.25, 0.3) is 0 Å². The minimum absolute atomic E-state index is 0.0201. The number of aromatic nitrogens is 1. The lowest BCUT2D eigenvalue weighted by Gasteiger charge is -2.32. The van der Waals surface area contributed by atoms with Gasteiger partial charge in [0.15, 0.2) is 11.5 Å². The van der Waals surface area contributed by atoms with Crippen molar-refractivity contribution in [2.24, 2.45) is 0 Å². The minimum Gasteiger partial charge on any atom is -0.493 e. The van der Waals surface area contributed by atoms with Crippen molar-refractivity contribution in [3.63, 3.8) is 0 Å². The Hall–Kier alpha value is -2.76. The highest BCUT2D eigenvalue weighted by atomic mass is 16.5. The normalized spacial score (nSPS) is 14.9. The summed E-state index contributed by atoms with van der Waals surface area (Å²) in [4.78, 5) is 18.3. The predicted octanol–water partition coefficient (Wildman–Crippen LogP) is 2.78. The number of amides is 1. The first-order valence-electron chi connectivity index (χ1n) is 8.30. The summed E-state index contributed by atoms with van der Waals surface area (Å²) in [6.07, 6.45) is 4.82. The molecule has 3 rings (SSSR count). The van der Waals surface area contributed by atoms with E-state index in [4.69, 9.17) is 14.2 Å². The van der Waals surface area contributed by atoms with E-state index in [9.17, 15) is 4.79 Å². The minimum atomic E-state index is 0.0201. The number of carbonyl (C=O) groups excluding carboxylic acids is 1. The second kappa shape index (κ2) is 7.88. The molecule has 6 heteroatoms. The van der Waals surface area contributed by atoms with Crippen molar-refractivity contribution in [3.8, 4) is 17.2 Å². The number of carbonyl (C=O) groups is 1. The number of pyridine rings is 1. The van der Waals surface area contributed by atoms with Gasteiger partial charge in [-0.3, -0.25) is 9.78 Å². The van der Waals surface area contributed by atoms with E-state index in [-0.39, 0.29) is 12.0 Å². The summed E-state index contributed by atoms with van der Waals surface area (Å²) in [5.74, 6) is 1.95. The maximum atomic E-state index is 12.5. The molecule has 2 aromatic rings. The third kappa shape index (κ3) is 3.84. The number of benzene rings is 1. The fourth-order valence-electron chi connectivity index (χ4n) is 2.95. The summed E-state index contributed by atoms with van der Waals surface area (Å²) in [7, 11) is 3.22. The van der Waals surface area contributed by atoms with Gasteiger partial charge >= 0.3 is 0 Å². The molecule has 1 aliphatic heterocycles. The van der Waals surface area contributed by atoms with Crippen LogP contribution in [0.15, 0.2) is 42.7 Å². The monoisotopic (exact) mass is 342 g/mol. The molecule has 0 spiro atoms. The molecule has 1 amide bonds. The van der Waals surface area contributed by atoms with Gasteiger partial charge in [-0.2, -0.15) is 0 Å². The zero-order chi connectivity index (χ0) is 17.6. The third-order valence-electron chi connectivity index (χ3n) is 4.32. The number of likely N-dealkylation sites (tertiary alicyclic amines) is 1. The summed E-state index contributed by atoms with van der Waals surface area (Å²) in [6, 6.07) is 9.04. The molecule has 6 nitrogen and oxygen atoms in total. The van der Waals surface area contributed by atoms with Gasteiger partial charge < -0.3 is 19.1 Å². The highest BCUT2D eigenvalue weighted by Gasteiger charge is 2.26. The van der Waals surface area contributed by atoms with E-state index in [0.717, 1.165) is 12.8 Å². The lowest BCUT2D eigenvalue weighted by Crippen LogP contribution is -2.41. The summed E-state index contributed by atoms with van der Waals surface area (Å²) >= 11 is 0. The molecule has 0 N–H and O–H groups in total. The first kappa shape index (κ1) is 17.1. The van der Waals surface area contributed by atoms with Crippen LogP contribution in [-0.4, -0.2) is 49.2 Å². The van der Waals surface area contributed by atoms with Crippen LogP contribution in [-0.2, 0) is 0 Å². The van der Waals surface area contributed by atoms with Gasteiger partial charge in [0.2, 0.25) is 5.75 Å². The van der Waals surface area contributed by atoms with Crippen LogP contribution in [0.5, 0.6) is 17.2 Å². The molecule has 1 aromatic heterocycles. The van der Waals surface area contributed by atoms with Crippen molar-refractivity contribution in [1.82, 2.24) is 9.88 Å². The van der Waals surface area contributed by atoms with Crippen molar-refractivity contribution in [2.45, 2.75) is 18.9 Å². The predicted molar refractivity (Wildman–Crippen MR) is 93.3 cm³/mol. The Morgan fingerprint density at radius 2 is 1.64 bits per heavy atom. The molecular formula is C19H22N2O4. The van der Waals surface area contributed by atoms with Crippen LogP contribution in [0.4, 0.5) is 0 Å². The fraction of sp³-hybridized carbons (Fsp3) is 0.368. The van der Waals surface area contributed by atoms with Crippen LogP contribution in [0.2, 0.25) is 0 Å². The molecule has 2 heterocycles. The van der Waals surface area contributed by atoms with Gasteiger partial charge in [-0.1, -0.05) is 6.07 Å². The molecule has 0 atom stereocenters. The summed E-state index contributed by atoms with van der Waals surface area (Å²) < 4.78 is 16.9. The molecule has 1 fully saturated rings. The van der Waals surface area contributed by atoms with E-state index in [1.54, 1.807) is 38.7 Å². The molecular weight excluding hydrogens is 320 g/mol. The molecule has 0 aliphatic carbocycles. The SMILES string of the molecule is COc1cccc(OC)c1OC1CCN(C(=O)c2ccncc2)CC1.